The molecule has 0 spiro atoms. The molecule has 0 atom stereocenters. The van der Waals surface area contributed by atoms with E-state index in [1.807, 2.05) is 13.8 Å². The second-order valence-electron chi connectivity index (χ2n) is 4.04. The zero-order valence-corrected chi connectivity index (χ0v) is 9.05. The number of H-pyrrole nitrogens is 1. The molecule has 0 bridgehead atoms. The number of carbonyl (C=O) groups excluding carboxylic acids is 1. The summed E-state index contributed by atoms with van der Waals surface area (Å²) in [7, 11) is 0. The molecule has 5 nitrogen and oxygen atoms in total. The third-order valence-electron chi connectivity index (χ3n) is 2.81. The summed E-state index contributed by atoms with van der Waals surface area (Å²) in [4.78, 5) is 11.6. The van der Waals surface area contributed by atoms with Crippen molar-refractivity contribution < 1.29 is 4.79 Å². The van der Waals surface area contributed by atoms with Gasteiger partial charge < -0.3 is 10.6 Å². The SMILES string of the molecule is Cc1n[nH]c(C)c1NC(=O)NC1CCC1. The minimum absolute atomic E-state index is 0.132. The van der Waals surface area contributed by atoms with Crippen molar-refractivity contribution in [2.45, 2.75) is 39.2 Å². The van der Waals surface area contributed by atoms with E-state index in [1.165, 1.54) is 6.42 Å². The van der Waals surface area contributed by atoms with Crippen LogP contribution in [-0.4, -0.2) is 22.3 Å². The van der Waals surface area contributed by atoms with Gasteiger partial charge in [-0.25, -0.2) is 4.79 Å². The number of hydrogen-bond acceptors (Lipinski definition) is 2. The molecule has 1 aliphatic carbocycles. The van der Waals surface area contributed by atoms with Gasteiger partial charge in [0.05, 0.1) is 17.1 Å². The number of hydrogen-bond donors (Lipinski definition) is 3. The third-order valence-corrected chi connectivity index (χ3v) is 2.81. The Morgan fingerprint density at radius 1 is 1.47 bits per heavy atom. The highest BCUT2D eigenvalue weighted by Crippen LogP contribution is 2.19. The maximum absolute atomic E-state index is 11.6. The third kappa shape index (κ3) is 2.11. The van der Waals surface area contributed by atoms with Crippen molar-refractivity contribution in [2.75, 3.05) is 5.32 Å². The monoisotopic (exact) mass is 208 g/mol. The number of nitrogens with zero attached hydrogens (tertiary/aromatic N) is 1. The Morgan fingerprint density at radius 3 is 2.67 bits per heavy atom. The van der Waals surface area contributed by atoms with E-state index in [-0.39, 0.29) is 6.03 Å². The average molecular weight is 208 g/mol. The summed E-state index contributed by atoms with van der Waals surface area (Å²) in [5, 5.41) is 12.6. The lowest BCUT2D eigenvalue weighted by Gasteiger charge is -2.26. The van der Waals surface area contributed by atoms with Gasteiger partial charge in [-0.2, -0.15) is 5.10 Å². The van der Waals surface area contributed by atoms with E-state index in [0.29, 0.717) is 6.04 Å². The number of aromatic nitrogens is 2. The Bertz CT molecular complexity index is 348. The van der Waals surface area contributed by atoms with Gasteiger partial charge >= 0.3 is 6.03 Å². The maximum Gasteiger partial charge on any atom is 0.319 e. The van der Waals surface area contributed by atoms with Gasteiger partial charge in [-0.3, -0.25) is 5.10 Å². The minimum atomic E-state index is -0.132. The first-order valence-electron chi connectivity index (χ1n) is 5.26. The van der Waals surface area contributed by atoms with Crippen LogP contribution in [0.1, 0.15) is 30.7 Å². The van der Waals surface area contributed by atoms with Gasteiger partial charge in [0, 0.05) is 6.04 Å². The molecule has 0 aromatic carbocycles. The van der Waals surface area contributed by atoms with Gasteiger partial charge in [-0.15, -0.1) is 0 Å². The zero-order valence-electron chi connectivity index (χ0n) is 9.05. The fourth-order valence-corrected chi connectivity index (χ4v) is 1.62. The molecule has 0 aliphatic heterocycles. The summed E-state index contributed by atoms with van der Waals surface area (Å²) in [5.74, 6) is 0. The van der Waals surface area contributed by atoms with E-state index in [4.69, 9.17) is 0 Å². The zero-order chi connectivity index (χ0) is 10.8. The lowest BCUT2D eigenvalue weighted by Crippen LogP contribution is -2.42. The van der Waals surface area contributed by atoms with Gasteiger partial charge in [0.1, 0.15) is 0 Å². The Kier molecular flexibility index (Phi) is 2.62. The summed E-state index contributed by atoms with van der Waals surface area (Å²) in [6, 6.07) is 0.227. The van der Waals surface area contributed by atoms with Crippen LogP contribution < -0.4 is 10.6 Å². The van der Waals surface area contributed by atoms with Crippen LogP contribution in [-0.2, 0) is 0 Å². The number of urea groups is 1. The molecule has 0 saturated heterocycles. The van der Waals surface area contributed by atoms with Crippen molar-refractivity contribution in [1.82, 2.24) is 15.5 Å². The number of rotatable bonds is 2. The molecule has 1 aliphatic rings. The second-order valence-corrected chi connectivity index (χ2v) is 4.04. The first kappa shape index (κ1) is 10.0. The fraction of sp³-hybridized carbons (Fsp3) is 0.600. The van der Waals surface area contributed by atoms with Gasteiger partial charge in [0.15, 0.2) is 0 Å². The molecule has 0 unspecified atom stereocenters. The van der Waals surface area contributed by atoms with Crippen molar-refractivity contribution in [3.63, 3.8) is 0 Å². The molecular formula is C10H16N4O. The van der Waals surface area contributed by atoms with Crippen LogP contribution in [0.2, 0.25) is 0 Å². The first-order chi connectivity index (χ1) is 7.16. The highest BCUT2D eigenvalue weighted by molar-refractivity contribution is 5.90. The molecule has 0 radical (unpaired) electrons. The maximum atomic E-state index is 11.6. The smallest absolute Gasteiger partial charge is 0.319 e. The van der Waals surface area contributed by atoms with Crippen LogP contribution in [0.4, 0.5) is 10.5 Å². The van der Waals surface area contributed by atoms with Gasteiger partial charge in [-0.05, 0) is 33.1 Å². The van der Waals surface area contributed by atoms with Gasteiger partial charge in [0.25, 0.3) is 0 Å². The summed E-state index contributed by atoms with van der Waals surface area (Å²) in [6.07, 6.45) is 3.41. The molecule has 1 fully saturated rings. The van der Waals surface area contributed by atoms with Crippen LogP contribution in [0.15, 0.2) is 0 Å². The highest BCUT2D eigenvalue weighted by Gasteiger charge is 2.20. The van der Waals surface area contributed by atoms with Crippen LogP contribution in [0.3, 0.4) is 0 Å². The lowest BCUT2D eigenvalue weighted by atomic mass is 9.93. The Labute approximate surface area is 88.6 Å². The molecule has 82 valence electrons. The van der Waals surface area contributed by atoms with Crippen molar-refractivity contribution in [3.05, 3.63) is 11.4 Å². The lowest BCUT2D eigenvalue weighted by molar-refractivity contribution is 0.240. The van der Waals surface area contributed by atoms with Crippen molar-refractivity contribution in [1.29, 1.82) is 0 Å². The standard InChI is InChI=1S/C10H16N4O/c1-6-9(7(2)14-13-6)12-10(15)11-8-4-3-5-8/h8H,3-5H2,1-2H3,(H,13,14)(H2,11,12,15). The number of amides is 2. The van der Waals surface area contributed by atoms with E-state index in [2.05, 4.69) is 20.8 Å². The van der Waals surface area contributed by atoms with Crippen molar-refractivity contribution >= 4 is 11.7 Å². The second kappa shape index (κ2) is 3.92. The Hall–Kier alpha value is -1.52. The first-order valence-corrected chi connectivity index (χ1v) is 5.26. The minimum Gasteiger partial charge on any atom is -0.335 e. The van der Waals surface area contributed by atoms with Crippen LogP contribution in [0, 0.1) is 13.8 Å². The number of aromatic amines is 1. The number of aryl methyl sites for hydroxylation is 2. The van der Waals surface area contributed by atoms with Gasteiger partial charge in [-0.1, -0.05) is 0 Å². The molecule has 1 saturated carbocycles. The quantitative estimate of drug-likeness (QED) is 0.692. The Balaban J connectivity index is 1.93. The molecule has 1 aromatic rings. The topological polar surface area (TPSA) is 69.8 Å². The highest BCUT2D eigenvalue weighted by atomic mass is 16.2. The molecule has 1 heterocycles. The predicted octanol–water partition coefficient (Wildman–Crippen LogP) is 1.70. The van der Waals surface area contributed by atoms with Crippen molar-refractivity contribution in [2.24, 2.45) is 0 Å². The van der Waals surface area contributed by atoms with Crippen LogP contribution in [0.25, 0.3) is 0 Å². The molecule has 1 aromatic heterocycles. The summed E-state index contributed by atoms with van der Waals surface area (Å²) >= 11 is 0. The average Bonchev–Trinajstić information content (AvgIpc) is 2.43. The predicted molar refractivity (Wildman–Crippen MR) is 57.9 cm³/mol. The fourth-order valence-electron chi connectivity index (χ4n) is 1.62. The number of carbonyl (C=O) groups is 1. The molecular weight excluding hydrogens is 192 g/mol. The number of nitrogens with one attached hydrogen (secondary N) is 3. The number of anilines is 1. The van der Waals surface area contributed by atoms with E-state index in [1.54, 1.807) is 0 Å². The Morgan fingerprint density at radius 2 is 2.20 bits per heavy atom. The van der Waals surface area contributed by atoms with E-state index >= 15 is 0 Å². The molecule has 3 N–H and O–H groups in total. The van der Waals surface area contributed by atoms with E-state index in [0.717, 1.165) is 29.9 Å². The summed E-state index contributed by atoms with van der Waals surface area (Å²) in [5.41, 5.74) is 2.49. The molecule has 5 heteroatoms. The molecule has 2 amide bonds. The van der Waals surface area contributed by atoms with Gasteiger partial charge in [0.2, 0.25) is 0 Å². The van der Waals surface area contributed by atoms with Crippen LogP contribution in [0.5, 0.6) is 0 Å². The van der Waals surface area contributed by atoms with E-state index < -0.39 is 0 Å². The van der Waals surface area contributed by atoms with Crippen LogP contribution >= 0.6 is 0 Å². The largest absolute Gasteiger partial charge is 0.335 e. The summed E-state index contributed by atoms with van der Waals surface area (Å²) < 4.78 is 0. The normalized spacial score (nSPS) is 15.9. The molecule has 2 rings (SSSR count). The van der Waals surface area contributed by atoms with Crippen molar-refractivity contribution in [3.8, 4) is 0 Å². The summed E-state index contributed by atoms with van der Waals surface area (Å²) in [6.45, 7) is 3.75. The molecule has 15 heavy (non-hydrogen) atoms. The van der Waals surface area contributed by atoms with E-state index in [9.17, 15) is 4.79 Å².